The summed E-state index contributed by atoms with van der Waals surface area (Å²) < 4.78 is 7.44. The zero-order chi connectivity index (χ0) is 20.8. The van der Waals surface area contributed by atoms with Gasteiger partial charge < -0.3 is 15.0 Å². The van der Waals surface area contributed by atoms with Crippen molar-refractivity contribution in [2.75, 3.05) is 25.0 Å². The molecule has 1 aromatic carbocycles. The molecule has 0 aliphatic carbocycles. The highest BCUT2D eigenvalue weighted by atomic mass is 16.5. The highest BCUT2D eigenvalue weighted by molar-refractivity contribution is 5.89. The van der Waals surface area contributed by atoms with Crippen molar-refractivity contribution in [2.24, 2.45) is 0 Å². The highest BCUT2D eigenvalue weighted by Crippen LogP contribution is 2.27. The van der Waals surface area contributed by atoms with Gasteiger partial charge in [-0.1, -0.05) is 30.3 Å². The fraction of sp³-hybridized carbons (Fsp3) is 0.522. The van der Waals surface area contributed by atoms with Crippen LogP contribution in [-0.4, -0.2) is 52.3 Å². The minimum atomic E-state index is -0.253. The monoisotopic (exact) mass is 410 g/mol. The van der Waals surface area contributed by atoms with E-state index < -0.39 is 0 Å². The van der Waals surface area contributed by atoms with E-state index in [0.29, 0.717) is 26.1 Å². The normalized spacial score (nSPS) is 19.7. The summed E-state index contributed by atoms with van der Waals surface area (Å²) in [5.41, 5.74) is 1.25. The SMILES string of the molecule is O=C(CCCc1ccccc1)Nc1ccnn1C1CCN(C(=O)[C@H]2CCCO2)CC1. The molecule has 0 radical (unpaired) electrons. The summed E-state index contributed by atoms with van der Waals surface area (Å²) in [6, 6.07) is 12.2. The Labute approximate surface area is 177 Å². The van der Waals surface area contributed by atoms with E-state index in [2.05, 4.69) is 22.5 Å². The molecular weight excluding hydrogens is 380 g/mol. The molecule has 1 atom stereocenters. The zero-order valence-corrected chi connectivity index (χ0v) is 17.3. The Morgan fingerprint density at radius 1 is 1.10 bits per heavy atom. The molecule has 2 saturated heterocycles. The van der Waals surface area contributed by atoms with Crippen molar-refractivity contribution in [3.8, 4) is 0 Å². The number of carbonyl (C=O) groups excluding carboxylic acids is 2. The highest BCUT2D eigenvalue weighted by Gasteiger charge is 2.31. The van der Waals surface area contributed by atoms with Crippen molar-refractivity contribution in [2.45, 2.75) is 57.1 Å². The number of benzene rings is 1. The largest absolute Gasteiger partial charge is 0.368 e. The van der Waals surface area contributed by atoms with Gasteiger partial charge in [0.05, 0.1) is 12.2 Å². The smallest absolute Gasteiger partial charge is 0.251 e. The van der Waals surface area contributed by atoms with Crippen LogP contribution in [0.15, 0.2) is 42.6 Å². The van der Waals surface area contributed by atoms with Gasteiger partial charge in [-0.3, -0.25) is 9.59 Å². The van der Waals surface area contributed by atoms with Crippen LogP contribution in [0.25, 0.3) is 0 Å². The number of aromatic nitrogens is 2. The van der Waals surface area contributed by atoms with Gasteiger partial charge in [-0.2, -0.15) is 5.10 Å². The summed E-state index contributed by atoms with van der Waals surface area (Å²) in [5, 5.41) is 7.46. The van der Waals surface area contributed by atoms with Gasteiger partial charge in [-0.05, 0) is 44.1 Å². The number of amides is 2. The van der Waals surface area contributed by atoms with Crippen LogP contribution >= 0.6 is 0 Å². The molecule has 2 aliphatic heterocycles. The number of rotatable bonds is 7. The summed E-state index contributed by atoms with van der Waals surface area (Å²) in [7, 11) is 0. The number of aryl methyl sites for hydroxylation is 1. The summed E-state index contributed by atoms with van der Waals surface area (Å²) in [4.78, 5) is 26.8. The van der Waals surface area contributed by atoms with Gasteiger partial charge >= 0.3 is 0 Å². The molecule has 160 valence electrons. The Kier molecular flexibility index (Phi) is 6.79. The first-order valence-electron chi connectivity index (χ1n) is 11.0. The number of piperidine rings is 1. The average Bonchev–Trinajstić information content (AvgIpc) is 3.47. The van der Waals surface area contributed by atoms with Crippen LogP contribution in [0.4, 0.5) is 5.82 Å². The Balaban J connectivity index is 1.25. The van der Waals surface area contributed by atoms with E-state index in [1.54, 1.807) is 6.20 Å². The molecule has 1 N–H and O–H groups in total. The third-order valence-electron chi connectivity index (χ3n) is 5.98. The van der Waals surface area contributed by atoms with Gasteiger partial charge in [0.2, 0.25) is 5.91 Å². The lowest BCUT2D eigenvalue weighted by atomic mass is 10.0. The van der Waals surface area contributed by atoms with Crippen molar-refractivity contribution in [3.63, 3.8) is 0 Å². The van der Waals surface area contributed by atoms with Crippen LogP contribution in [0.3, 0.4) is 0 Å². The molecule has 0 bridgehead atoms. The van der Waals surface area contributed by atoms with Gasteiger partial charge in [0.1, 0.15) is 11.9 Å². The molecule has 1 aromatic heterocycles. The number of hydrogen-bond donors (Lipinski definition) is 1. The van der Waals surface area contributed by atoms with Crippen LogP contribution in [0.1, 0.15) is 50.1 Å². The van der Waals surface area contributed by atoms with Crippen LogP contribution in [0, 0.1) is 0 Å². The van der Waals surface area contributed by atoms with Crippen LogP contribution in [0.2, 0.25) is 0 Å². The number of anilines is 1. The predicted octanol–water partition coefficient (Wildman–Crippen LogP) is 3.19. The Morgan fingerprint density at radius 3 is 2.63 bits per heavy atom. The molecule has 0 saturated carbocycles. The first kappa shape index (κ1) is 20.6. The molecule has 4 rings (SSSR count). The first-order valence-corrected chi connectivity index (χ1v) is 11.0. The van der Waals surface area contributed by atoms with Gasteiger partial charge in [-0.15, -0.1) is 0 Å². The first-order chi connectivity index (χ1) is 14.7. The molecule has 7 nitrogen and oxygen atoms in total. The summed E-state index contributed by atoms with van der Waals surface area (Å²) in [5.74, 6) is 0.876. The number of likely N-dealkylation sites (tertiary alicyclic amines) is 1. The number of carbonyl (C=O) groups is 2. The standard InChI is InChI=1S/C23H30N4O3/c28-22(10-4-8-18-6-2-1-3-7-18)25-21-11-14-24-27(21)19-12-15-26(16-13-19)23(29)20-9-5-17-30-20/h1-3,6-7,11,14,19-20H,4-5,8-10,12-13,15-17H2,(H,25,28)/t20-/m1/s1. The number of nitrogens with zero attached hydrogens (tertiary/aromatic N) is 3. The van der Waals surface area contributed by atoms with E-state index >= 15 is 0 Å². The maximum atomic E-state index is 12.5. The fourth-order valence-corrected chi connectivity index (χ4v) is 4.31. The van der Waals surface area contributed by atoms with E-state index in [1.165, 1.54) is 5.56 Å². The predicted molar refractivity (Wildman–Crippen MR) is 114 cm³/mol. The fourth-order valence-electron chi connectivity index (χ4n) is 4.31. The lowest BCUT2D eigenvalue weighted by Crippen LogP contribution is -2.44. The average molecular weight is 411 g/mol. The molecule has 3 heterocycles. The van der Waals surface area contributed by atoms with E-state index in [-0.39, 0.29) is 24.0 Å². The molecule has 2 aliphatic rings. The van der Waals surface area contributed by atoms with Crippen molar-refractivity contribution in [1.82, 2.24) is 14.7 Å². The Bertz CT molecular complexity index is 837. The molecule has 2 amide bonds. The second-order valence-electron chi connectivity index (χ2n) is 8.11. The van der Waals surface area contributed by atoms with E-state index in [4.69, 9.17) is 4.74 Å². The molecular formula is C23H30N4O3. The Morgan fingerprint density at radius 2 is 1.90 bits per heavy atom. The molecule has 30 heavy (non-hydrogen) atoms. The third kappa shape index (κ3) is 5.08. The molecule has 2 fully saturated rings. The lowest BCUT2D eigenvalue weighted by Gasteiger charge is -2.33. The van der Waals surface area contributed by atoms with Crippen molar-refractivity contribution < 1.29 is 14.3 Å². The molecule has 7 heteroatoms. The summed E-state index contributed by atoms with van der Waals surface area (Å²) >= 11 is 0. The quantitative estimate of drug-likeness (QED) is 0.761. The minimum absolute atomic E-state index is 0.0127. The topological polar surface area (TPSA) is 76.5 Å². The van der Waals surface area contributed by atoms with Crippen molar-refractivity contribution in [1.29, 1.82) is 0 Å². The number of ether oxygens (including phenoxy) is 1. The van der Waals surface area contributed by atoms with Gasteiger partial charge in [0.15, 0.2) is 0 Å². The van der Waals surface area contributed by atoms with E-state index in [1.807, 2.05) is 33.8 Å². The summed E-state index contributed by atoms with van der Waals surface area (Å²) in [6.07, 6.45) is 7.12. The van der Waals surface area contributed by atoms with Gasteiger partial charge in [0.25, 0.3) is 5.91 Å². The maximum Gasteiger partial charge on any atom is 0.251 e. The van der Waals surface area contributed by atoms with Crippen LogP contribution < -0.4 is 5.32 Å². The molecule has 0 unspecified atom stereocenters. The minimum Gasteiger partial charge on any atom is -0.368 e. The second kappa shape index (κ2) is 9.89. The van der Waals surface area contributed by atoms with Gasteiger partial charge in [-0.25, -0.2) is 4.68 Å². The zero-order valence-electron chi connectivity index (χ0n) is 17.3. The van der Waals surface area contributed by atoms with E-state index in [9.17, 15) is 9.59 Å². The number of nitrogens with one attached hydrogen (secondary N) is 1. The van der Waals surface area contributed by atoms with Crippen LogP contribution in [0.5, 0.6) is 0 Å². The summed E-state index contributed by atoms with van der Waals surface area (Å²) in [6.45, 7) is 2.09. The molecule has 2 aromatic rings. The van der Waals surface area contributed by atoms with Crippen LogP contribution in [-0.2, 0) is 20.7 Å². The van der Waals surface area contributed by atoms with Gasteiger partial charge in [0, 0.05) is 32.2 Å². The third-order valence-corrected chi connectivity index (χ3v) is 5.98. The molecule has 0 spiro atoms. The van der Waals surface area contributed by atoms with Crippen molar-refractivity contribution in [3.05, 3.63) is 48.2 Å². The second-order valence-corrected chi connectivity index (χ2v) is 8.11. The van der Waals surface area contributed by atoms with E-state index in [0.717, 1.165) is 44.3 Å². The Hall–Kier alpha value is -2.67. The maximum absolute atomic E-state index is 12.5. The van der Waals surface area contributed by atoms with Crippen molar-refractivity contribution >= 4 is 17.6 Å². The lowest BCUT2D eigenvalue weighted by molar-refractivity contribution is -0.142. The number of hydrogen-bond acceptors (Lipinski definition) is 4.